The molecule has 0 aliphatic heterocycles. The van der Waals surface area contributed by atoms with Gasteiger partial charge in [0.05, 0.1) is 0 Å². The van der Waals surface area contributed by atoms with Crippen molar-refractivity contribution in [2.24, 2.45) is 0 Å². The first-order valence-electron chi connectivity index (χ1n) is 11.2. The average Bonchev–Trinajstić information content (AvgIpc) is 2.70. The van der Waals surface area contributed by atoms with Crippen molar-refractivity contribution in [3.8, 4) is 5.75 Å². The second-order valence-electron chi connectivity index (χ2n) is 8.66. The Morgan fingerprint density at radius 3 is 2.30 bits per heavy atom. The topological polar surface area (TPSA) is 52.6 Å². The fraction of sp³-hybridized carbons (Fsp3) is 0.500. The Kier molecular flexibility index (Phi) is 9.38. The van der Waals surface area contributed by atoms with Crippen LogP contribution in [0.1, 0.15) is 70.1 Å². The molecule has 2 N–H and O–H groups in total. The van der Waals surface area contributed by atoms with Gasteiger partial charge in [-0.1, -0.05) is 42.5 Å². The molecule has 0 spiro atoms. The Hall–Kier alpha value is -2.33. The third-order valence-corrected chi connectivity index (χ3v) is 5.69. The van der Waals surface area contributed by atoms with Gasteiger partial charge in [0, 0.05) is 37.0 Å². The molecule has 0 radical (unpaired) electrons. The van der Waals surface area contributed by atoms with Crippen molar-refractivity contribution in [2.75, 3.05) is 13.1 Å². The summed E-state index contributed by atoms with van der Waals surface area (Å²) < 4.78 is 0. The Morgan fingerprint density at radius 1 is 1.03 bits per heavy atom. The summed E-state index contributed by atoms with van der Waals surface area (Å²) in [6, 6.07) is 17.4. The zero-order valence-electron chi connectivity index (χ0n) is 19.2. The zero-order valence-corrected chi connectivity index (χ0v) is 19.2. The van der Waals surface area contributed by atoms with Crippen LogP contribution in [0.3, 0.4) is 0 Å². The minimum absolute atomic E-state index is 0.00500. The van der Waals surface area contributed by atoms with Crippen molar-refractivity contribution >= 4 is 5.91 Å². The summed E-state index contributed by atoms with van der Waals surface area (Å²) in [5.41, 5.74) is 3.42. The lowest BCUT2D eigenvalue weighted by Gasteiger charge is -2.32. The van der Waals surface area contributed by atoms with Crippen LogP contribution in [0.25, 0.3) is 0 Å². The van der Waals surface area contributed by atoms with E-state index in [1.807, 2.05) is 18.2 Å². The van der Waals surface area contributed by atoms with Gasteiger partial charge < -0.3 is 10.4 Å². The molecule has 0 saturated heterocycles. The summed E-state index contributed by atoms with van der Waals surface area (Å²) in [5, 5.41) is 13.6. The van der Waals surface area contributed by atoms with Crippen molar-refractivity contribution in [1.29, 1.82) is 0 Å². The fourth-order valence-electron chi connectivity index (χ4n) is 4.17. The van der Waals surface area contributed by atoms with Gasteiger partial charge in [-0.05, 0) is 70.7 Å². The van der Waals surface area contributed by atoms with Crippen LogP contribution in [0.2, 0.25) is 0 Å². The Bertz CT molecular complexity index is 779. The van der Waals surface area contributed by atoms with E-state index in [1.54, 1.807) is 6.92 Å². The van der Waals surface area contributed by atoms with Crippen LogP contribution in [0.4, 0.5) is 0 Å². The molecule has 0 saturated carbocycles. The van der Waals surface area contributed by atoms with Crippen molar-refractivity contribution in [2.45, 2.75) is 71.9 Å². The highest BCUT2D eigenvalue weighted by atomic mass is 16.3. The van der Waals surface area contributed by atoms with Crippen LogP contribution in [-0.2, 0) is 11.2 Å². The summed E-state index contributed by atoms with van der Waals surface area (Å²) in [6.45, 7) is 12.2. The molecule has 2 rings (SSSR count). The SMILES string of the molecule is CC(=O)NCCCc1ccc(O)c(C(CCN(C(C)C)C(C)C)c2ccccc2)c1. The maximum atomic E-state index is 11.1. The third kappa shape index (κ3) is 7.17. The molecule has 2 aromatic carbocycles. The second-order valence-corrected chi connectivity index (χ2v) is 8.66. The number of aryl methyl sites for hydroxylation is 1. The van der Waals surface area contributed by atoms with Crippen LogP contribution >= 0.6 is 0 Å². The minimum atomic E-state index is 0.00500. The molecule has 0 aromatic heterocycles. The maximum absolute atomic E-state index is 11.1. The molecule has 0 heterocycles. The first-order valence-corrected chi connectivity index (χ1v) is 11.2. The van der Waals surface area contributed by atoms with E-state index < -0.39 is 0 Å². The van der Waals surface area contributed by atoms with Crippen LogP contribution in [0, 0.1) is 0 Å². The molecule has 1 unspecified atom stereocenters. The number of benzene rings is 2. The highest BCUT2D eigenvalue weighted by Crippen LogP contribution is 2.35. The zero-order chi connectivity index (χ0) is 22.1. The standard InChI is InChI=1S/C26H38N2O2/c1-19(2)28(20(3)4)17-15-24(23-11-7-6-8-12-23)25-18-22(13-14-26(25)30)10-9-16-27-21(5)29/h6-8,11-14,18-20,24,30H,9-10,15-17H2,1-5H3,(H,27,29). The van der Waals surface area contributed by atoms with Crippen LogP contribution in [0.15, 0.2) is 48.5 Å². The predicted molar refractivity (Wildman–Crippen MR) is 125 cm³/mol. The summed E-state index contributed by atoms with van der Waals surface area (Å²) in [7, 11) is 0. The van der Waals surface area contributed by atoms with Crippen molar-refractivity contribution in [3.63, 3.8) is 0 Å². The molecule has 0 fully saturated rings. The van der Waals surface area contributed by atoms with Gasteiger partial charge in [-0.25, -0.2) is 0 Å². The number of aromatic hydroxyl groups is 1. The van der Waals surface area contributed by atoms with E-state index in [0.29, 0.717) is 24.4 Å². The van der Waals surface area contributed by atoms with E-state index in [2.05, 4.69) is 68.2 Å². The van der Waals surface area contributed by atoms with Crippen LogP contribution in [0.5, 0.6) is 5.75 Å². The molecule has 164 valence electrons. The largest absolute Gasteiger partial charge is 0.508 e. The monoisotopic (exact) mass is 410 g/mol. The van der Waals surface area contributed by atoms with E-state index >= 15 is 0 Å². The molecule has 1 amide bonds. The van der Waals surface area contributed by atoms with E-state index in [-0.39, 0.29) is 11.8 Å². The number of hydrogen-bond donors (Lipinski definition) is 2. The average molecular weight is 411 g/mol. The van der Waals surface area contributed by atoms with Crippen LogP contribution < -0.4 is 5.32 Å². The molecular weight excluding hydrogens is 372 g/mol. The van der Waals surface area contributed by atoms with E-state index in [0.717, 1.165) is 31.4 Å². The molecule has 0 bridgehead atoms. The Morgan fingerprint density at radius 2 is 1.70 bits per heavy atom. The number of carbonyl (C=O) groups is 1. The predicted octanol–water partition coefficient (Wildman–Crippen LogP) is 5.10. The number of carbonyl (C=O) groups excluding carboxylic acids is 1. The van der Waals surface area contributed by atoms with Gasteiger partial charge in [0.25, 0.3) is 0 Å². The number of phenols is 1. The molecule has 4 nitrogen and oxygen atoms in total. The summed E-state index contributed by atoms with van der Waals surface area (Å²) in [4.78, 5) is 13.6. The smallest absolute Gasteiger partial charge is 0.216 e. The lowest BCUT2D eigenvalue weighted by atomic mass is 9.86. The van der Waals surface area contributed by atoms with E-state index in [4.69, 9.17) is 0 Å². The summed E-state index contributed by atoms with van der Waals surface area (Å²) in [5.74, 6) is 0.502. The molecule has 1 atom stereocenters. The fourth-order valence-corrected chi connectivity index (χ4v) is 4.17. The van der Waals surface area contributed by atoms with Crippen LogP contribution in [-0.4, -0.2) is 41.1 Å². The lowest BCUT2D eigenvalue weighted by Crippen LogP contribution is -2.38. The molecule has 4 heteroatoms. The first kappa shape index (κ1) is 23.9. The second kappa shape index (κ2) is 11.8. The summed E-state index contributed by atoms with van der Waals surface area (Å²) in [6.07, 6.45) is 2.71. The number of rotatable bonds is 11. The number of phenolic OH excluding ortho intramolecular Hbond substituents is 1. The molecule has 30 heavy (non-hydrogen) atoms. The number of nitrogens with one attached hydrogen (secondary N) is 1. The number of hydrogen-bond acceptors (Lipinski definition) is 3. The first-order chi connectivity index (χ1) is 14.3. The minimum Gasteiger partial charge on any atom is -0.508 e. The van der Waals surface area contributed by atoms with Gasteiger partial charge in [-0.3, -0.25) is 9.69 Å². The highest BCUT2D eigenvalue weighted by Gasteiger charge is 2.21. The normalized spacial score (nSPS) is 12.5. The number of amides is 1. The number of nitrogens with zero attached hydrogens (tertiary/aromatic N) is 1. The molecule has 2 aromatic rings. The highest BCUT2D eigenvalue weighted by molar-refractivity contribution is 5.72. The van der Waals surface area contributed by atoms with Crippen molar-refractivity contribution in [1.82, 2.24) is 10.2 Å². The van der Waals surface area contributed by atoms with E-state index in [9.17, 15) is 9.90 Å². The van der Waals surface area contributed by atoms with Gasteiger partial charge in [0.1, 0.15) is 5.75 Å². The van der Waals surface area contributed by atoms with Gasteiger partial charge in [0.15, 0.2) is 0 Å². The van der Waals surface area contributed by atoms with Crippen molar-refractivity contribution in [3.05, 3.63) is 65.2 Å². The lowest BCUT2D eigenvalue weighted by molar-refractivity contribution is -0.118. The quantitative estimate of drug-likeness (QED) is 0.507. The molecular formula is C26H38N2O2. The van der Waals surface area contributed by atoms with Gasteiger partial charge in [-0.15, -0.1) is 0 Å². The molecule has 0 aliphatic rings. The third-order valence-electron chi connectivity index (χ3n) is 5.69. The Balaban J connectivity index is 2.25. The van der Waals surface area contributed by atoms with E-state index in [1.165, 1.54) is 11.1 Å². The van der Waals surface area contributed by atoms with Gasteiger partial charge in [-0.2, -0.15) is 0 Å². The Labute approximate surface area is 182 Å². The maximum Gasteiger partial charge on any atom is 0.216 e. The van der Waals surface area contributed by atoms with Gasteiger partial charge >= 0.3 is 0 Å². The molecule has 0 aliphatic carbocycles. The summed E-state index contributed by atoms with van der Waals surface area (Å²) >= 11 is 0. The van der Waals surface area contributed by atoms with Crippen molar-refractivity contribution < 1.29 is 9.90 Å². The van der Waals surface area contributed by atoms with Gasteiger partial charge in [0.2, 0.25) is 5.91 Å².